The summed E-state index contributed by atoms with van der Waals surface area (Å²) in [5, 5.41) is 8.15. The highest BCUT2D eigenvalue weighted by molar-refractivity contribution is 7.89. The SMILES string of the molecule is Cc1c(C(=O)NC(C)C(C)(C)C)cc(Cl)cc1S(N)(=O)=O. The Bertz CT molecular complexity index is 664. The summed E-state index contributed by atoms with van der Waals surface area (Å²) in [7, 11) is -3.93. The molecule has 1 aromatic carbocycles. The Labute approximate surface area is 130 Å². The molecule has 1 unspecified atom stereocenters. The van der Waals surface area contributed by atoms with Crippen molar-refractivity contribution in [3.05, 3.63) is 28.3 Å². The number of amides is 1. The molecule has 7 heteroatoms. The highest BCUT2D eigenvalue weighted by atomic mass is 35.5. The average molecular weight is 333 g/mol. The summed E-state index contributed by atoms with van der Waals surface area (Å²) in [5.41, 5.74) is 0.383. The fourth-order valence-corrected chi connectivity index (χ4v) is 2.79. The Morgan fingerprint density at radius 1 is 1.33 bits per heavy atom. The van der Waals surface area contributed by atoms with Gasteiger partial charge >= 0.3 is 0 Å². The lowest BCUT2D eigenvalue weighted by molar-refractivity contribution is 0.0909. The van der Waals surface area contributed by atoms with Gasteiger partial charge in [-0.3, -0.25) is 4.79 Å². The number of sulfonamides is 1. The largest absolute Gasteiger partial charge is 0.349 e. The van der Waals surface area contributed by atoms with Gasteiger partial charge in [0.25, 0.3) is 5.91 Å². The van der Waals surface area contributed by atoms with E-state index in [-0.39, 0.29) is 32.8 Å². The summed E-state index contributed by atoms with van der Waals surface area (Å²) in [6.07, 6.45) is 0. The Morgan fingerprint density at radius 3 is 2.29 bits per heavy atom. The highest BCUT2D eigenvalue weighted by Crippen LogP contribution is 2.25. The van der Waals surface area contributed by atoms with Gasteiger partial charge in [-0.25, -0.2) is 13.6 Å². The third-order valence-corrected chi connectivity index (χ3v) is 4.78. The first kappa shape index (κ1) is 17.9. The molecule has 3 N–H and O–H groups in total. The lowest BCUT2D eigenvalue weighted by Gasteiger charge is -2.28. The Morgan fingerprint density at radius 2 is 1.86 bits per heavy atom. The van der Waals surface area contributed by atoms with Gasteiger partial charge in [-0.1, -0.05) is 32.4 Å². The standard InChI is InChI=1S/C14H21ClN2O3S/c1-8-11(13(18)17-9(2)14(3,4)5)6-10(15)7-12(8)21(16,19)20/h6-7,9H,1-5H3,(H,17,18)(H2,16,19,20). The van der Waals surface area contributed by atoms with Crippen LogP contribution in [-0.2, 0) is 10.0 Å². The smallest absolute Gasteiger partial charge is 0.251 e. The number of hydrogen-bond donors (Lipinski definition) is 2. The van der Waals surface area contributed by atoms with Crippen molar-refractivity contribution in [3.8, 4) is 0 Å². The summed E-state index contributed by atoms with van der Waals surface area (Å²) >= 11 is 5.90. The third-order valence-electron chi connectivity index (χ3n) is 3.52. The van der Waals surface area contributed by atoms with E-state index < -0.39 is 10.0 Å². The third kappa shape index (κ3) is 4.43. The molecule has 1 aromatic rings. The van der Waals surface area contributed by atoms with E-state index >= 15 is 0 Å². The zero-order valence-corrected chi connectivity index (χ0v) is 14.4. The van der Waals surface area contributed by atoms with Crippen molar-refractivity contribution in [3.63, 3.8) is 0 Å². The zero-order chi connectivity index (χ0) is 16.6. The molecular weight excluding hydrogens is 312 g/mol. The molecule has 0 radical (unpaired) electrons. The van der Waals surface area contributed by atoms with Crippen molar-refractivity contribution in [2.75, 3.05) is 0 Å². The predicted molar refractivity (Wildman–Crippen MR) is 83.9 cm³/mol. The summed E-state index contributed by atoms with van der Waals surface area (Å²) in [6, 6.07) is 2.59. The normalized spacial score (nSPS) is 13.9. The van der Waals surface area contributed by atoms with Crippen LogP contribution in [0.2, 0.25) is 5.02 Å². The molecule has 0 saturated carbocycles. The van der Waals surface area contributed by atoms with E-state index in [1.54, 1.807) is 0 Å². The van der Waals surface area contributed by atoms with Gasteiger partial charge in [-0.15, -0.1) is 0 Å². The van der Waals surface area contributed by atoms with Crippen molar-refractivity contribution in [2.45, 2.75) is 45.6 Å². The number of halogens is 1. The first-order chi connectivity index (χ1) is 9.34. The number of primary sulfonamides is 1. The second kappa shape index (κ2) is 5.94. The van der Waals surface area contributed by atoms with Crippen molar-refractivity contribution in [1.82, 2.24) is 5.32 Å². The molecule has 118 valence electrons. The van der Waals surface area contributed by atoms with Gasteiger partial charge < -0.3 is 5.32 Å². The molecule has 1 atom stereocenters. The van der Waals surface area contributed by atoms with Gasteiger partial charge in [-0.2, -0.15) is 0 Å². The van der Waals surface area contributed by atoms with E-state index in [9.17, 15) is 13.2 Å². The predicted octanol–water partition coefficient (Wildman–Crippen LogP) is 2.46. The van der Waals surface area contributed by atoms with E-state index in [0.29, 0.717) is 5.56 Å². The van der Waals surface area contributed by atoms with E-state index in [0.717, 1.165) is 0 Å². The maximum absolute atomic E-state index is 12.3. The molecule has 0 aliphatic rings. The maximum Gasteiger partial charge on any atom is 0.251 e. The number of nitrogens with one attached hydrogen (secondary N) is 1. The molecular formula is C14H21ClN2O3S. The van der Waals surface area contributed by atoms with Crippen LogP contribution in [0.25, 0.3) is 0 Å². The van der Waals surface area contributed by atoms with Crippen molar-refractivity contribution in [2.24, 2.45) is 10.6 Å². The highest BCUT2D eigenvalue weighted by Gasteiger charge is 2.25. The van der Waals surface area contributed by atoms with Gasteiger partial charge in [0, 0.05) is 16.6 Å². The van der Waals surface area contributed by atoms with E-state index in [2.05, 4.69) is 5.32 Å². The first-order valence-corrected chi connectivity index (χ1v) is 8.40. The quantitative estimate of drug-likeness (QED) is 0.891. The fraction of sp³-hybridized carbons (Fsp3) is 0.500. The second-order valence-electron chi connectivity index (χ2n) is 6.18. The maximum atomic E-state index is 12.3. The van der Waals surface area contributed by atoms with E-state index in [4.69, 9.17) is 16.7 Å². The minimum absolute atomic E-state index is 0.0960. The molecule has 21 heavy (non-hydrogen) atoms. The van der Waals surface area contributed by atoms with Gasteiger partial charge in [0.05, 0.1) is 4.90 Å². The minimum atomic E-state index is -3.93. The molecule has 0 aliphatic heterocycles. The average Bonchev–Trinajstić information content (AvgIpc) is 2.28. The van der Waals surface area contributed by atoms with Crippen LogP contribution in [0.5, 0.6) is 0 Å². The van der Waals surface area contributed by atoms with E-state index in [1.807, 2.05) is 27.7 Å². The molecule has 0 spiro atoms. The van der Waals surface area contributed by atoms with Gasteiger partial charge in [0.1, 0.15) is 0 Å². The van der Waals surface area contributed by atoms with E-state index in [1.165, 1.54) is 19.1 Å². The first-order valence-electron chi connectivity index (χ1n) is 6.48. The van der Waals surface area contributed by atoms with Gasteiger partial charge in [-0.05, 0) is 37.0 Å². The minimum Gasteiger partial charge on any atom is -0.349 e. The molecule has 0 aliphatic carbocycles. The molecule has 1 amide bonds. The molecule has 0 heterocycles. The molecule has 0 saturated heterocycles. The van der Waals surface area contributed by atoms with Crippen molar-refractivity contribution in [1.29, 1.82) is 0 Å². The monoisotopic (exact) mass is 332 g/mol. The molecule has 0 aromatic heterocycles. The van der Waals surface area contributed by atoms with Crippen LogP contribution in [0.15, 0.2) is 17.0 Å². The number of nitrogens with two attached hydrogens (primary N) is 1. The number of carbonyl (C=O) groups is 1. The summed E-state index contributed by atoms with van der Waals surface area (Å²) < 4.78 is 23.1. The molecule has 5 nitrogen and oxygen atoms in total. The lowest BCUT2D eigenvalue weighted by atomic mass is 9.88. The Kier molecular flexibility index (Phi) is 5.08. The summed E-state index contributed by atoms with van der Waals surface area (Å²) in [5.74, 6) is -0.373. The van der Waals surface area contributed by atoms with Crippen LogP contribution < -0.4 is 10.5 Å². The number of benzene rings is 1. The zero-order valence-electron chi connectivity index (χ0n) is 12.8. The van der Waals surface area contributed by atoms with Crippen LogP contribution in [-0.4, -0.2) is 20.4 Å². The van der Waals surface area contributed by atoms with Gasteiger partial charge in [0.15, 0.2) is 0 Å². The van der Waals surface area contributed by atoms with Gasteiger partial charge in [0.2, 0.25) is 10.0 Å². The number of rotatable bonds is 3. The topological polar surface area (TPSA) is 89.3 Å². The fourth-order valence-electron chi connectivity index (χ4n) is 1.68. The molecule has 0 bridgehead atoms. The second-order valence-corrected chi connectivity index (χ2v) is 8.15. The number of carbonyl (C=O) groups excluding carboxylic acids is 1. The van der Waals surface area contributed by atoms with Crippen LogP contribution in [0.1, 0.15) is 43.6 Å². The van der Waals surface area contributed by atoms with Crippen LogP contribution in [0, 0.1) is 12.3 Å². The van der Waals surface area contributed by atoms with Crippen LogP contribution in [0.3, 0.4) is 0 Å². The number of hydrogen-bond acceptors (Lipinski definition) is 3. The Hall–Kier alpha value is -1.11. The molecule has 0 fully saturated rings. The molecule has 1 rings (SSSR count). The lowest BCUT2D eigenvalue weighted by Crippen LogP contribution is -2.41. The van der Waals surface area contributed by atoms with Crippen molar-refractivity contribution >= 4 is 27.5 Å². The van der Waals surface area contributed by atoms with Crippen LogP contribution >= 0.6 is 11.6 Å². The Balaban J connectivity index is 3.26. The van der Waals surface area contributed by atoms with Crippen LogP contribution in [0.4, 0.5) is 0 Å². The summed E-state index contributed by atoms with van der Waals surface area (Å²) in [6.45, 7) is 9.42. The summed E-state index contributed by atoms with van der Waals surface area (Å²) in [4.78, 5) is 12.2. The van der Waals surface area contributed by atoms with Crippen molar-refractivity contribution < 1.29 is 13.2 Å².